The van der Waals surface area contributed by atoms with Gasteiger partial charge in [-0.05, 0) is 32.0 Å². The van der Waals surface area contributed by atoms with E-state index in [0.29, 0.717) is 18.2 Å². The lowest BCUT2D eigenvalue weighted by atomic mass is 10.1. The van der Waals surface area contributed by atoms with Crippen LogP contribution in [0, 0.1) is 0 Å². The Kier molecular flexibility index (Phi) is 4.98. The molecule has 5 nitrogen and oxygen atoms in total. The lowest BCUT2D eigenvalue weighted by Crippen LogP contribution is -2.26. The third-order valence-electron chi connectivity index (χ3n) is 2.34. The van der Waals surface area contributed by atoms with E-state index < -0.39 is 0 Å². The van der Waals surface area contributed by atoms with E-state index in [1.807, 2.05) is 7.05 Å². The summed E-state index contributed by atoms with van der Waals surface area (Å²) in [5.41, 5.74) is 1.45. The summed E-state index contributed by atoms with van der Waals surface area (Å²) < 4.78 is 0. The van der Waals surface area contributed by atoms with Gasteiger partial charge in [-0.3, -0.25) is 9.89 Å². The molecule has 0 aromatic carbocycles. The highest BCUT2D eigenvalue weighted by molar-refractivity contribution is 5.92. The zero-order valence-corrected chi connectivity index (χ0v) is 10.1. The van der Waals surface area contributed by atoms with Crippen LogP contribution in [-0.4, -0.2) is 36.2 Å². The van der Waals surface area contributed by atoms with Crippen molar-refractivity contribution in [2.24, 2.45) is 0 Å². The summed E-state index contributed by atoms with van der Waals surface area (Å²) in [6.07, 6.45) is 0.920. The Balaban J connectivity index is 2.40. The molecule has 5 heteroatoms. The van der Waals surface area contributed by atoms with Crippen molar-refractivity contribution in [3.8, 4) is 0 Å². The van der Waals surface area contributed by atoms with Gasteiger partial charge in [-0.25, -0.2) is 0 Å². The van der Waals surface area contributed by atoms with E-state index in [4.69, 9.17) is 0 Å². The van der Waals surface area contributed by atoms with Gasteiger partial charge in [-0.15, -0.1) is 0 Å². The summed E-state index contributed by atoms with van der Waals surface area (Å²) >= 11 is 0. The van der Waals surface area contributed by atoms with Gasteiger partial charge in [0, 0.05) is 12.2 Å². The number of aromatic amines is 1. The van der Waals surface area contributed by atoms with Gasteiger partial charge in [0.1, 0.15) is 5.69 Å². The van der Waals surface area contributed by atoms with Gasteiger partial charge < -0.3 is 10.6 Å². The number of hydrogen-bond donors (Lipinski definition) is 3. The largest absolute Gasteiger partial charge is 0.351 e. The maximum atomic E-state index is 11.6. The highest BCUT2D eigenvalue weighted by Gasteiger charge is 2.10. The molecule has 16 heavy (non-hydrogen) atoms. The van der Waals surface area contributed by atoms with Gasteiger partial charge in [0.05, 0.1) is 0 Å². The van der Waals surface area contributed by atoms with Crippen molar-refractivity contribution in [2.75, 3.05) is 20.1 Å². The normalized spacial score (nSPS) is 10.8. The molecule has 0 aliphatic heterocycles. The molecular weight excluding hydrogens is 204 g/mol. The van der Waals surface area contributed by atoms with Gasteiger partial charge in [0.25, 0.3) is 5.91 Å². The van der Waals surface area contributed by atoms with Crippen molar-refractivity contribution in [2.45, 2.75) is 26.2 Å². The molecule has 1 amide bonds. The van der Waals surface area contributed by atoms with Gasteiger partial charge in [0.15, 0.2) is 0 Å². The van der Waals surface area contributed by atoms with Crippen LogP contribution in [0.1, 0.15) is 42.4 Å². The van der Waals surface area contributed by atoms with E-state index in [1.165, 1.54) is 0 Å². The average Bonchev–Trinajstić information content (AvgIpc) is 2.73. The Hall–Kier alpha value is -1.36. The van der Waals surface area contributed by atoms with Gasteiger partial charge in [0.2, 0.25) is 0 Å². The molecule has 0 fully saturated rings. The molecular formula is C11H20N4O. The first-order chi connectivity index (χ1) is 7.65. The number of hydrogen-bond acceptors (Lipinski definition) is 3. The first-order valence-electron chi connectivity index (χ1n) is 5.63. The zero-order chi connectivity index (χ0) is 12.0. The predicted octanol–water partition coefficient (Wildman–Crippen LogP) is 0.872. The topological polar surface area (TPSA) is 69.8 Å². The first kappa shape index (κ1) is 12.7. The van der Waals surface area contributed by atoms with E-state index in [-0.39, 0.29) is 5.91 Å². The smallest absolute Gasteiger partial charge is 0.271 e. The standard InChI is InChI=1S/C11H20N4O/c1-8(2)9-7-10(15-14-9)11(16)13-6-4-5-12-3/h7-8,12H,4-6H2,1-3H3,(H,13,16)(H,14,15). The second-order valence-electron chi connectivity index (χ2n) is 4.08. The average molecular weight is 224 g/mol. The van der Waals surface area contributed by atoms with Gasteiger partial charge >= 0.3 is 0 Å². The molecule has 1 rings (SSSR count). The van der Waals surface area contributed by atoms with Crippen LogP contribution in [-0.2, 0) is 0 Å². The molecule has 1 aromatic rings. The Labute approximate surface area is 96.0 Å². The fraction of sp³-hybridized carbons (Fsp3) is 0.636. The number of rotatable bonds is 6. The van der Waals surface area contributed by atoms with Crippen molar-refractivity contribution in [3.05, 3.63) is 17.5 Å². The van der Waals surface area contributed by atoms with Gasteiger partial charge in [-0.1, -0.05) is 13.8 Å². The van der Waals surface area contributed by atoms with Crippen LogP contribution in [0.3, 0.4) is 0 Å². The second-order valence-corrected chi connectivity index (χ2v) is 4.08. The predicted molar refractivity (Wildman–Crippen MR) is 63.6 cm³/mol. The van der Waals surface area contributed by atoms with Crippen molar-refractivity contribution in [1.82, 2.24) is 20.8 Å². The molecule has 0 radical (unpaired) electrons. The molecule has 0 saturated heterocycles. The van der Waals surface area contributed by atoms with Crippen LogP contribution in [0.2, 0.25) is 0 Å². The number of H-pyrrole nitrogens is 1. The zero-order valence-electron chi connectivity index (χ0n) is 10.1. The Morgan fingerprint density at radius 1 is 1.50 bits per heavy atom. The number of nitrogens with one attached hydrogen (secondary N) is 3. The minimum atomic E-state index is -0.112. The molecule has 1 aromatic heterocycles. The second kappa shape index (κ2) is 6.27. The molecule has 0 bridgehead atoms. The molecule has 0 atom stereocenters. The van der Waals surface area contributed by atoms with E-state index in [9.17, 15) is 4.79 Å². The minimum absolute atomic E-state index is 0.112. The van der Waals surface area contributed by atoms with Crippen LogP contribution >= 0.6 is 0 Å². The molecule has 0 spiro atoms. The summed E-state index contributed by atoms with van der Waals surface area (Å²) in [6.45, 7) is 5.69. The molecule has 3 N–H and O–H groups in total. The summed E-state index contributed by atoms with van der Waals surface area (Å²) in [5.74, 6) is 0.248. The van der Waals surface area contributed by atoms with Crippen molar-refractivity contribution in [3.63, 3.8) is 0 Å². The molecule has 90 valence electrons. The van der Waals surface area contributed by atoms with Crippen LogP contribution < -0.4 is 10.6 Å². The number of nitrogens with zero attached hydrogens (tertiary/aromatic N) is 1. The van der Waals surface area contributed by atoms with Crippen LogP contribution in [0.15, 0.2) is 6.07 Å². The molecule has 0 aliphatic carbocycles. The molecule has 0 saturated carbocycles. The van der Waals surface area contributed by atoms with E-state index in [1.54, 1.807) is 6.07 Å². The summed E-state index contributed by atoms with van der Waals surface area (Å²) in [7, 11) is 1.89. The first-order valence-corrected chi connectivity index (χ1v) is 5.63. The number of amides is 1. The number of carbonyl (C=O) groups excluding carboxylic acids is 1. The highest BCUT2D eigenvalue weighted by atomic mass is 16.1. The summed E-state index contributed by atoms with van der Waals surface area (Å²) in [5, 5.41) is 12.7. The third kappa shape index (κ3) is 3.66. The fourth-order valence-electron chi connectivity index (χ4n) is 1.31. The number of carbonyl (C=O) groups is 1. The van der Waals surface area contributed by atoms with Crippen LogP contribution in [0.4, 0.5) is 0 Å². The van der Waals surface area contributed by atoms with E-state index >= 15 is 0 Å². The maximum absolute atomic E-state index is 11.6. The van der Waals surface area contributed by atoms with E-state index in [0.717, 1.165) is 18.7 Å². The minimum Gasteiger partial charge on any atom is -0.351 e. The number of aromatic nitrogens is 2. The highest BCUT2D eigenvalue weighted by Crippen LogP contribution is 2.11. The quantitative estimate of drug-likeness (QED) is 0.628. The van der Waals surface area contributed by atoms with Crippen LogP contribution in [0.5, 0.6) is 0 Å². The SMILES string of the molecule is CNCCCNC(=O)c1cc(C(C)C)[nH]n1. The molecule has 0 unspecified atom stereocenters. The van der Waals surface area contributed by atoms with Crippen LogP contribution in [0.25, 0.3) is 0 Å². The summed E-state index contributed by atoms with van der Waals surface area (Å²) in [4.78, 5) is 11.6. The van der Waals surface area contributed by atoms with Crippen molar-refractivity contribution >= 4 is 5.91 Å². The Bertz CT molecular complexity index is 332. The monoisotopic (exact) mass is 224 g/mol. The summed E-state index contributed by atoms with van der Waals surface area (Å²) in [6, 6.07) is 1.80. The molecule has 0 aliphatic rings. The maximum Gasteiger partial charge on any atom is 0.271 e. The van der Waals surface area contributed by atoms with Gasteiger partial charge in [-0.2, -0.15) is 5.10 Å². The van der Waals surface area contributed by atoms with Crippen molar-refractivity contribution in [1.29, 1.82) is 0 Å². The molecule has 1 heterocycles. The van der Waals surface area contributed by atoms with Crippen molar-refractivity contribution < 1.29 is 4.79 Å². The lowest BCUT2D eigenvalue weighted by Gasteiger charge is -2.02. The Morgan fingerprint density at radius 2 is 2.25 bits per heavy atom. The van der Waals surface area contributed by atoms with E-state index in [2.05, 4.69) is 34.7 Å². The Morgan fingerprint density at radius 3 is 2.81 bits per heavy atom. The lowest BCUT2D eigenvalue weighted by molar-refractivity contribution is 0.0948. The fourth-order valence-corrected chi connectivity index (χ4v) is 1.31. The third-order valence-corrected chi connectivity index (χ3v) is 2.34.